The molecule has 0 spiro atoms. The molecule has 2 N–H and O–H groups in total. The van der Waals surface area contributed by atoms with Gasteiger partial charge in [-0.2, -0.15) is 27.0 Å². The summed E-state index contributed by atoms with van der Waals surface area (Å²) < 4.78 is 0. The molecule has 0 aromatic heterocycles. The summed E-state index contributed by atoms with van der Waals surface area (Å²) in [4.78, 5) is 2.13. The lowest BCUT2D eigenvalue weighted by atomic mass is 10.1. The number of hydrogen-bond acceptors (Lipinski definition) is 3. The number of hydrogen-bond donors (Lipinski definition) is 2. The molecule has 0 unspecified atom stereocenters. The SMILES string of the molecule is CC(C)N(C(C)C)[C@@H](CO)[C@H](C)O.S.S. The molecular weight excluding hydrogens is 230 g/mol. The Hall–Kier alpha value is 0.580. The lowest BCUT2D eigenvalue weighted by Gasteiger charge is -2.38. The van der Waals surface area contributed by atoms with Crippen molar-refractivity contribution in [3.63, 3.8) is 0 Å². The van der Waals surface area contributed by atoms with Crippen molar-refractivity contribution in [3.8, 4) is 0 Å². The Labute approximate surface area is 108 Å². The van der Waals surface area contributed by atoms with E-state index in [1.165, 1.54) is 0 Å². The van der Waals surface area contributed by atoms with Gasteiger partial charge in [-0.25, -0.2) is 0 Å². The second-order valence-corrected chi connectivity index (χ2v) is 4.13. The van der Waals surface area contributed by atoms with Crippen LogP contribution in [0, 0.1) is 0 Å². The summed E-state index contributed by atoms with van der Waals surface area (Å²) in [5.41, 5.74) is 0. The first-order chi connectivity index (χ1) is 5.91. The number of rotatable bonds is 5. The fraction of sp³-hybridized carbons (Fsp3) is 1.00. The smallest absolute Gasteiger partial charge is 0.0689 e. The molecule has 2 atom stereocenters. The topological polar surface area (TPSA) is 43.7 Å². The van der Waals surface area contributed by atoms with Crippen LogP contribution in [-0.4, -0.2) is 45.9 Å². The fourth-order valence-corrected chi connectivity index (χ4v) is 1.86. The van der Waals surface area contributed by atoms with E-state index >= 15 is 0 Å². The van der Waals surface area contributed by atoms with Gasteiger partial charge in [0, 0.05) is 12.1 Å². The molecule has 3 nitrogen and oxygen atoms in total. The van der Waals surface area contributed by atoms with E-state index in [0.29, 0.717) is 12.1 Å². The van der Waals surface area contributed by atoms with E-state index in [0.717, 1.165) is 0 Å². The normalized spacial score (nSPS) is 14.8. The summed E-state index contributed by atoms with van der Waals surface area (Å²) in [5, 5.41) is 18.6. The predicted molar refractivity (Wildman–Crippen MR) is 75.4 cm³/mol. The van der Waals surface area contributed by atoms with Crippen LogP contribution < -0.4 is 0 Å². The average Bonchev–Trinajstić information content (AvgIpc) is 1.97. The van der Waals surface area contributed by atoms with Crippen LogP contribution in [0.5, 0.6) is 0 Å². The zero-order valence-corrected chi connectivity index (χ0v) is 12.4. The van der Waals surface area contributed by atoms with Crippen LogP contribution in [0.15, 0.2) is 0 Å². The van der Waals surface area contributed by atoms with Crippen molar-refractivity contribution < 1.29 is 10.2 Å². The van der Waals surface area contributed by atoms with E-state index in [1.807, 2.05) is 0 Å². The van der Waals surface area contributed by atoms with Gasteiger partial charge in [0.2, 0.25) is 0 Å². The van der Waals surface area contributed by atoms with Gasteiger partial charge in [-0.15, -0.1) is 0 Å². The second kappa shape index (κ2) is 9.78. The second-order valence-electron chi connectivity index (χ2n) is 4.13. The van der Waals surface area contributed by atoms with E-state index in [9.17, 15) is 5.11 Å². The van der Waals surface area contributed by atoms with E-state index in [1.54, 1.807) is 6.92 Å². The summed E-state index contributed by atoms with van der Waals surface area (Å²) in [6.45, 7) is 10.0. The summed E-state index contributed by atoms with van der Waals surface area (Å²) >= 11 is 0. The maximum absolute atomic E-state index is 9.48. The maximum atomic E-state index is 9.48. The van der Waals surface area contributed by atoms with Crippen molar-refractivity contribution in [1.82, 2.24) is 4.90 Å². The van der Waals surface area contributed by atoms with E-state index in [-0.39, 0.29) is 39.6 Å². The predicted octanol–water partition coefficient (Wildman–Crippen LogP) is 1.07. The number of aliphatic hydroxyl groups is 2. The van der Waals surface area contributed by atoms with Gasteiger partial charge in [-0.3, -0.25) is 4.90 Å². The van der Waals surface area contributed by atoms with Gasteiger partial charge >= 0.3 is 0 Å². The monoisotopic (exact) mass is 257 g/mol. The average molecular weight is 257 g/mol. The van der Waals surface area contributed by atoms with Gasteiger partial charge in [0.15, 0.2) is 0 Å². The van der Waals surface area contributed by atoms with Gasteiger partial charge < -0.3 is 10.2 Å². The lowest BCUT2D eigenvalue weighted by molar-refractivity contribution is -0.00755. The van der Waals surface area contributed by atoms with Gasteiger partial charge in [-0.05, 0) is 34.6 Å². The molecule has 0 saturated carbocycles. The third-order valence-corrected chi connectivity index (χ3v) is 2.32. The third-order valence-electron chi connectivity index (χ3n) is 2.32. The first-order valence-electron chi connectivity index (χ1n) is 4.98. The van der Waals surface area contributed by atoms with Crippen LogP contribution in [-0.2, 0) is 0 Å². The van der Waals surface area contributed by atoms with Crippen LogP contribution in [0.2, 0.25) is 0 Å². The van der Waals surface area contributed by atoms with Crippen molar-refractivity contribution in [3.05, 3.63) is 0 Å². The highest BCUT2D eigenvalue weighted by Gasteiger charge is 2.26. The Morgan fingerprint density at radius 3 is 1.33 bits per heavy atom. The van der Waals surface area contributed by atoms with E-state index in [2.05, 4.69) is 32.6 Å². The fourth-order valence-electron chi connectivity index (χ4n) is 1.86. The number of aliphatic hydroxyl groups excluding tert-OH is 2. The van der Waals surface area contributed by atoms with Crippen molar-refractivity contribution >= 4 is 27.0 Å². The Morgan fingerprint density at radius 2 is 1.27 bits per heavy atom. The molecule has 0 radical (unpaired) electrons. The minimum absolute atomic E-state index is 0. The number of nitrogens with zero attached hydrogens (tertiary/aromatic N) is 1. The summed E-state index contributed by atoms with van der Waals surface area (Å²) in [7, 11) is 0. The first kappa shape index (κ1) is 20.9. The molecule has 0 aromatic rings. The molecule has 96 valence electrons. The van der Waals surface area contributed by atoms with Gasteiger partial charge in [-0.1, -0.05) is 0 Å². The summed E-state index contributed by atoms with van der Waals surface area (Å²) in [6.07, 6.45) is -0.491. The highest BCUT2D eigenvalue weighted by Crippen LogP contribution is 2.13. The maximum Gasteiger partial charge on any atom is 0.0689 e. The molecule has 0 bridgehead atoms. The van der Waals surface area contributed by atoms with Crippen LogP contribution in [0.4, 0.5) is 0 Å². The summed E-state index contributed by atoms with van der Waals surface area (Å²) in [5.74, 6) is 0. The van der Waals surface area contributed by atoms with E-state index < -0.39 is 6.10 Å². The molecule has 15 heavy (non-hydrogen) atoms. The zero-order chi connectivity index (χ0) is 10.6. The Morgan fingerprint density at radius 1 is 0.933 bits per heavy atom. The Balaban J connectivity index is -0.000000720. The molecule has 0 aliphatic heterocycles. The van der Waals surface area contributed by atoms with Crippen LogP contribution in [0.25, 0.3) is 0 Å². The van der Waals surface area contributed by atoms with Crippen molar-refractivity contribution in [2.45, 2.75) is 58.8 Å². The molecular formula is C10H27NO2S2. The highest BCUT2D eigenvalue weighted by molar-refractivity contribution is 7.59. The highest BCUT2D eigenvalue weighted by atomic mass is 32.1. The standard InChI is InChI=1S/C10H23NO2.2H2S/c1-7(2)11(8(3)4)10(6-12)9(5)13;;/h7-10,12-13H,6H2,1-5H3;2*1H2/t9-,10-;;/m0../s1. The van der Waals surface area contributed by atoms with Crippen molar-refractivity contribution in [1.29, 1.82) is 0 Å². The van der Waals surface area contributed by atoms with Gasteiger partial charge in [0.05, 0.1) is 18.8 Å². The molecule has 0 heterocycles. The molecule has 5 heteroatoms. The van der Waals surface area contributed by atoms with Crippen LogP contribution in [0.1, 0.15) is 34.6 Å². The molecule has 0 aromatic carbocycles. The third kappa shape index (κ3) is 6.68. The van der Waals surface area contributed by atoms with E-state index in [4.69, 9.17) is 5.11 Å². The van der Waals surface area contributed by atoms with Gasteiger partial charge in [0.1, 0.15) is 0 Å². The molecule has 0 saturated heterocycles. The molecule has 0 aliphatic carbocycles. The van der Waals surface area contributed by atoms with Crippen molar-refractivity contribution in [2.75, 3.05) is 6.61 Å². The van der Waals surface area contributed by atoms with Crippen LogP contribution >= 0.6 is 27.0 Å². The molecule has 0 aliphatic rings. The Kier molecular flexibility index (Phi) is 13.6. The lowest BCUT2D eigenvalue weighted by Crippen LogP contribution is -2.51. The van der Waals surface area contributed by atoms with Crippen LogP contribution in [0.3, 0.4) is 0 Å². The minimum atomic E-state index is -0.491. The minimum Gasteiger partial charge on any atom is -0.395 e. The first-order valence-corrected chi connectivity index (χ1v) is 4.98. The quantitative estimate of drug-likeness (QED) is 0.774. The van der Waals surface area contributed by atoms with Crippen molar-refractivity contribution in [2.24, 2.45) is 0 Å². The largest absolute Gasteiger partial charge is 0.395 e. The molecule has 0 fully saturated rings. The molecule has 0 amide bonds. The Bertz CT molecular complexity index is 135. The zero-order valence-electron chi connectivity index (χ0n) is 10.4. The summed E-state index contributed by atoms with van der Waals surface area (Å²) in [6, 6.07) is 0.526. The van der Waals surface area contributed by atoms with Gasteiger partial charge in [0.25, 0.3) is 0 Å². The molecule has 0 rings (SSSR count).